The fourth-order valence-corrected chi connectivity index (χ4v) is 26.2. The van der Waals surface area contributed by atoms with Gasteiger partial charge in [0.05, 0.1) is 22.3 Å². The van der Waals surface area contributed by atoms with Crippen LogP contribution in [0.3, 0.4) is 0 Å². The highest BCUT2D eigenvalue weighted by Crippen LogP contribution is 2.58. The normalized spacial score (nSPS) is 14.6. The van der Waals surface area contributed by atoms with Crippen LogP contribution in [0.1, 0.15) is 61.1 Å². The fourth-order valence-electron chi connectivity index (χ4n) is 7.24. The first-order chi connectivity index (χ1) is 16.6. The number of aliphatic hydroxyl groups is 1. The van der Waals surface area contributed by atoms with E-state index in [1.165, 1.54) is 22.3 Å². The van der Waals surface area contributed by atoms with Gasteiger partial charge in [0.15, 0.2) is 0 Å². The molecule has 3 unspecified atom stereocenters. The molecule has 1 N–H and O–H groups in total. The lowest BCUT2D eigenvalue weighted by molar-refractivity contribution is 0.0757. The highest BCUT2D eigenvalue weighted by atomic mass is 28.4. The van der Waals surface area contributed by atoms with Crippen LogP contribution in [0.5, 0.6) is 0 Å². The van der Waals surface area contributed by atoms with Crippen LogP contribution >= 0.6 is 0 Å². The lowest BCUT2D eigenvalue weighted by Crippen LogP contribution is -2.58. The second-order valence-corrected chi connectivity index (χ2v) is 21.3. The SMILES string of the molecule is C=C(C)C[Si](CC(=C)C)(CC(=C)C)C(C(=C)C)[Si](CC(=C)C)(CC(=C)C)C(CC)C(O)n1ccnn1. The molecule has 0 aliphatic carbocycles. The molecule has 4 nitrogen and oxygen atoms in total. The molecule has 1 heterocycles. The van der Waals surface area contributed by atoms with Crippen LogP contribution in [0, 0.1) is 0 Å². The van der Waals surface area contributed by atoms with Gasteiger partial charge in [0, 0.05) is 11.7 Å². The van der Waals surface area contributed by atoms with E-state index in [2.05, 4.69) is 98.3 Å². The first-order valence-electron chi connectivity index (χ1n) is 13.0. The van der Waals surface area contributed by atoms with Crippen LogP contribution in [0.2, 0.25) is 40.9 Å². The molecule has 0 aliphatic rings. The molecule has 0 fully saturated rings. The predicted molar refractivity (Wildman–Crippen MR) is 163 cm³/mol. The average Bonchev–Trinajstić information content (AvgIpc) is 3.19. The molecule has 0 aromatic carbocycles. The van der Waals surface area contributed by atoms with E-state index in [4.69, 9.17) is 0 Å². The number of hydrogen-bond acceptors (Lipinski definition) is 3. The minimum Gasteiger partial charge on any atom is -0.372 e. The zero-order valence-corrected chi connectivity index (χ0v) is 26.2. The summed E-state index contributed by atoms with van der Waals surface area (Å²) >= 11 is 0. The Kier molecular flexibility index (Phi) is 12.0. The van der Waals surface area contributed by atoms with Gasteiger partial charge < -0.3 is 5.11 Å². The zero-order valence-electron chi connectivity index (χ0n) is 24.2. The van der Waals surface area contributed by atoms with Crippen LogP contribution in [-0.4, -0.2) is 36.2 Å². The van der Waals surface area contributed by atoms with Crippen molar-refractivity contribution >= 4 is 16.1 Å². The molecular weight excluding hydrogens is 475 g/mol. The van der Waals surface area contributed by atoms with Crippen molar-refractivity contribution in [3.63, 3.8) is 0 Å². The van der Waals surface area contributed by atoms with E-state index in [1.807, 2.05) is 0 Å². The molecule has 0 amide bonds. The van der Waals surface area contributed by atoms with Gasteiger partial charge in [0.25, 0.3) is 0 Å². The van der Waals surface area contributed by atoms with Gasteiger partial charge in [-0.1, -0.05) is 52.0 Å². The summed E-state index contributed by atoms with van der Waals surface area (Å²) in [6.45, 7) is 41.8. The summed E-state index contributed by atoms with van der Waals surface area (Å²) in [7, 11) is -4.73. The molecule has 3 atom stereocenters. The van der Waals surface area contributed by atoms with E-state index in [9.17, 15) is 5.11 Å². The van der Waals surface area contributed by atoms with Crippen molar-refractivity contribution in [2.24, 2.45) is 0 Å². The van der Waals surface area contributed by atoms with E-state index < -0.39 is 22.4 Å². The van der Waals surface area contributed by atoms with E-state index in [-0.39, 0.29) is 10.7 Å². The number of rotatable bonds is 17. The summed E-state index contributed by atoms with van der Waals surface area (Å²) in [5, 5.41) is 20.3. The summed E-state index contributed by atoms with van der Waals surface area (Å²) in [6.07, 6.45) is 3.46. The van der Waals surface area contributed by atoms with Gasteiger partial charge in [-0.25, -0.2) is 4.68 Å². The molecule has 0 aliphatic heterocycles. The van der Waals surface area contributed by atoms with Crippen molar-refractivity contribution in [1.82, 2.24) is 15.0 Å². The van der Waals surface area contributed by atoms with E-state index in [1.54, 1.807) is 17.1 Å². The maximum Gasteiger partial charge on any atom is 0.149 e. The Bertz CT molecular complexity index is 920. The van der Waals surface area contributed by atoms with Crippen molar-refractivity contribution in [3.8, 4) is 0 Å². The van der Waals surface area contributed by atoms with Gasteiger partial charge in [-0.15, -0.1) is 44.6 Å². The van der Waals surface area contributed by atoms with Crippen LogP contribution in [0.25, 0.3) is 0 Å². The number of allylic oxidation sites excluding steroid dienone is 6. The summed E-state index contributed by atoms with van der Waals surface area (Å²) in [5.41, 5.74) is 7.14. The van der Waals surface area contributed by atoms with Gasteiger partial charge in [-0.2, -0.15) is 0 Å². The van der Waals surface area contributed by atoms with Crippen LogP contribution < -0.4 is 0 Å². The molecule has 1 rings (SSSR count). The van der Waals surface area contributed by atoms with Gasteiger partial charge in [0.2, 0.25) is 0 Å². The molecule has 0 saturated heterocycles. The predicted octanol–water partition coefficient (Wildman–Crippen LogP) is 8.81. The summed E-state index contributed by atoms with van der Waals surface area (Å²) in [6, 6.07) is 4.77. The maximum atomic E-state index is 11.8. The van der Waals surface area contributed by atoms with Gasteiger partial charge in [0.1, 0.15) is 6.23 Å². The number of hydrogen-bond donors (Lipinski definition) is 1. The minimum absolute atomic E-state index is 0.0153. The molecule has 0 radical (unpaired) electrons. The highest BCUT2D eigenvalue weighted by molar-refractivity contribution is 7.02. The van der Waals surface area contributed by atoms with Crippen molar-refractivity contribution in [3.05, 3.63) is 85.3 Å². The summed E-state index contributed by atoms with van der Waals surface area (Å²) in [5.74, 6) is 0. The first-order valence-corrected chi connectivity index (χ1v) is 18.3. The Morgan fingerprint density at radius 2 is 1.19 bits per heavy atom. The zero-order chi connectivity index (χ0) is 27.8. The van der Waals surface area contributed by atoms with Crippen LogP contribution in [-0.2, 0) is 0 Å². The largest absolute Gasteiger partial charge is 0.372 e. The van der Waals surface area contributed by atoms with Crippen LogP contribution in [0.4, 0.5) is 0 Å². The Morgan fingerprint density at radius 3 is 1.47 bits per heavy atom. The Balaban J connectivity index is 4.19. The topological polar surface area (TPSA) is 50.9 Å². The van der Waals surface area contributed by atoms with E-state index in [0.717, 1.165) is 47.8 Å². The van der Waals surface area contributed by atoms with E-state index >= 15 is 0 Å². The lowest BCUT2D eigenvalue weighted by atomic mass is 10.3. The van der Waals surface area contributed by atoms with Crippen molar-refractivity contribution in [1.29, 1.82) is 0 Å². The summed E-state index contributed by atoms with van der Waals surface area (Å²) in [4.78, 5) is 0. The van der Waals surface area contributed by atoms with Gasteiger partial charge in [-0.05, 0) is 76.9 Å². The molecule has 200 valence electrons. The highest BCUT2D eigenvalue weighted by Gasteiger charge is 2.57. The molecule has 6 heteroatoms. The minimum atomic E-state index is -2.50. The third-order valence-corrected chi connectivity index (χ3v) is 22.7. The van der Waals surface area contributed by atoms with Gasteiger partial charge in [-0.3, -0.25) is 0 Å². The Labute approximate surface area is 223 Å². The fraction of sp³-hybridized carbons (Fsp3) is 0.533. The molecule has 0 spiro atoms. The first kappa shape index (κ1) is 32.0. The maximum absolute atomic E-state index is 11.8. The molecule has 0 bridgehead atoms. The summed E-state index contributed by atoms with van der Waals surface area (Å²) < 4.78 is 1.63. The number of aliphatic hydroxyl groups excluding tert-OH is 1. The molecule has 1 aromatic rings. The standard InChI is InChI=1S/C30H51N3OSi2/c1-14-28(29(34)33-16-15-31-32-33)36(20-25(8)9,21-26(10)11)30(27(12)13)35(17-22(2)3,18-23(4)5)19-24(6)7/h15-16,28-30,34H,2,4,6,8,10,12,14,17-21H2,1,3,5,7,9,11,13H3. The Hall–Kier alpha value is -2.03. The third kappa shape index (κ3) is 7.99. The van der Waals surface area contributed by atoms with Crippen molar-refractivity contribution in [2.75, 3.05) is 0 Å². The van der Waals surface area contributed by atoms with Crippen molar-refractivity contribution < 1.29 is 5.11 Å². The monoisotopic (exact) mass is 525 g/mol. The Morgan fingerprint density at radius 1 is 0.778 bits per heavy atom. The molecule has 1 aromatic heterocycles. The molecule has 36 heavy (non-hydrogen) atoms. The van der Waals surface area contributed by atoms with Crippen LogP contribution in [0.15, 0.2) is 85.3 Å². The average molecular weight is 526 g/mol. The van der Waals surface area contributed by atoms with Gasteiger partial charge >= 0.3 is 0 Å². The second-order valence-electron chi connectivity index (χ2n) is 11.9. The lowest BCUT2D eigenvalue weighted by Gasteiger charge is -2.55. The number of aromatic nitrogens is 3. The number of nitrogens with zero attached hydrogens (tertiary/aromatic N) is 3. The molecular formula is C30H51N3OSi2. The quantitative estimate of drug-likeness (QED) is 0.163. The molecule has 0 saturated carbocycles. The van der Waals surface area contributed by atoms with Crippen molar-refractivity contribution in [2.45, 2.75) is 102 Å². The smallest absolute Gasteiger partial charge is 0.149 e. The second kappa shape index (κ2) is 13.5. The third-order valence-electron chi connectivity index (χ3n) is 7.15. The van der Waals surface area contributed by atoms with E-state index in [0.29, 0.717) is 0 Å².